The molecule has 0 fully saturated rings. The van der Waals surface area contributed by atoms with Gasteiger partial charge in [0.25, 0.3) is 0 Å². The van der Waals surface area contributed by atoms with Crippen molar-refractivity contribution in [3.05, 3.63) is 35.4 Å². The van der Waals surface area contributed by atoms with E-state index in [-0.39, 0.29) is 17.7 Å². The van der Waals surface area contributed by atoms with Crippen molar-refractivity contribution in [2.45, 2.75) is 18.7 Å². The number of aliphatic hydroxyl groups excluding tert-OH is 1. The number of rotatable bonds is 4. The first-order valence-electron chi connectivity index (χ1n) is 5.13. The topological polar surface area (TPSA) is 54.4 Å². The van der Waals surface area contributed by atoms with Crippen molar-refractivity contribution in [1.82, 2.24) is 0 Å². The Morgan fingerprint density at radius 2 is 1.83 bits per heavy atom. The monoisotopic (exact) mass is 282 g/mol. The summed E-state index contributed by atoms with van der Waals surface area (Å²) < 4.78 is 59.8. The largest absolute Gasteiger partial charge is 0.416 e. The molecule has 1 aromatic carbocycles. The normalized spacial score (nSPS) is 14.5. The predicted molar refractivity (Wildman–Crippen MR) is 60.7 cm³/mol. The number of halogens is 3. The van der Waals surface area contributed by atoms with Crippen LogP contribution in [0.2, 0.25) is 0 Å². The summed E-state index contributed by atoms with van der Waals surface area (Å²) in [6.07, 6.45) is -5.30. The van der Waals surface area contributed by atoms with E-state index in [9.17, 15) is 26.7 Å². The molecule has 18 heavy (non-hydrogen) atoms. The maximum atomic E-state index is 12.7. The molecule has 0 saturated heterocycles. The molecule has 0 spiro atoms. The Hall–Kier alpha value is -1.08. The third-order valence-electron chi connectivity index (χ3n) is 2.39. The molecule has 1 rings (SSSR count). The van der Waals surface area contributed by atoms with E-state index in [1.807, 2.05) is 0 Å². The van der Waals surface area contributed by atoms with Gasteiger partial charge in [0.05, 0.1) is 17.4 Å². The fourth-order valence-corrected chi connectivity index (χ4v) is 2.18. The molecule has 0 aliphatic heterocycles. The van der Waals surface area contributed by atoms with Crippen molar-refractivity contribution in [2.75, 3.05) is 12.0 Å². The van der Waals surface area contributed by atoms with Crippen LogP contribution in [0.15, 0.2) is 24.3 Å². The molecule has 0 bridgehead atoms. The summed E-state index contributed by atoms with van der Waals surface area (Å²) in [6.45, 7) is 0. The molecule has 0 aromatic heterocycles. The molecule has 1 unspecified atom stereocenters. The summed E-state index contributed by atoms with van der Waals surface area (Å²) >= 11 is 0. The van der Waals surface area contributed by atoms with Crippen LogP contribution in [0.25, 0.3) is 0 Å². The second-order valence-electron chi connectivity index (χ2n) is 4.02. The zero-order chi connectivity index (χ0) is 14.0. The van der Waals surface area contributed by atoms with Crippen molar-refractivity contribution in [3.63, 3.8) is 0 Å². The van der Waals surface area contributed by atoms with Gasteiger partial charge in [-0.2, -0.15) is 13.2 Å². The number of benzene rings is 1. The van der Waals surface area contributed by atoms with Crippen LogP contribution in [-0.2, 0) is 16.0 Å². The Morgan fingerprint density at radius 1 is 1.28 bits per heavy atom. The van der Waals surface area contributed by atoms with Gasteiger partial charge >= 0.3 is 6.18 Å². The summed E-state index contributed by atoms with van der Waals surface area (Å²) in [5.74, 6) is -0.361. The van der Waals surface area contributed by atoms with E-state index in [4.69, 9.17) is 0 Å². The highest BCUT2D eigenvalue weighted by Crippen LogP contribution is 2.35. The minimum absolute atomic E-state index is 0.258. The van der Waals surface area contributed by atoms with Crippen molar-refractivity contribution in [1.29, 1.82) is 0 Å². The number of sulfone groups is 1. The average molecular weight is 282 g/mol. The molecule has 1 N–H and O–H groups in total. The van der Waals surface area contributed by atoms with Crippen LogP contribution in [0, 0.1) is 0 Å². The first kappa shape index (κ1) is 15.0. The fourth-order valence-electron chi connectivity index (χ4n) is 1.53. The van der Waals surface area contributed by atoms with Gasteiger partial charge in [-0.25, -0.2) is 8.42 Å². The van der Waals surface area contributed by atoms with Crippen LogP contribution in [0.4, 0.5) is 13.2 Å². The molecular weight excluding hydrogens is 269 g/mol. The lowest BCUT2D eigenvalue weighted by atomic mass is 10.0. The van der Waals surface area contributed by atoms with Crippen LogP contribution in [0.1, 0.15) is 23.7 Å². The number of hydrogen-bond donors (Lipinski definition) is 1. The minimum atomic E-state index is -4.57. The van der Waals surface area contributed by atoms with Crippen LogP contribution in [-0.4, -0.2) is 25.5 Å². The summed E-state index contributed by atoms with van der Waals surface area (Å²) in [7, 11) is -3.32. The van der Waals surface area contributed by atoms with Crippen molar-refractivity contribution >= 4 is 9.84 Å². The number of aliphatic hydroxyl groups is 1. The summed E-state index contributed by atoms with van der Waals surface area (Å²) in [4.78, 5) is 0. The van der Waals surface area contributed by atoms with E-state index >= 15 is 0 Å². The molecule has 0 amide bonds. The maximum absolute atomic E-state index is 12.7. The van der Waals surface area contributed by atoms with E-state index in [2.05, 4.69) is 0 Å². The van der Waals surface area contributed by atoms with E-state index in [1.54, 1.807) is 0 Å². The van der Waals surface area contributed by atoms with Crippen molar-refractivity contribution < 1.29 is 26.7 Å². The minimum Gasteiger partial charge on any atom is -0.388 e. The summed E-state index contributed by atoms with van der Waals surface area (Å²) in [6, 6.07) is 4.60. The lowest BCUT2D eigenvalue weighted by Gasteiger charge is -2.17. The van der Waals surface area contributed by atoms with E-state index in [1.165, 1.54) is 12.1 Å². The zero-order valence-corrected chi connectivity index (χ0v) is 10.4. The maximum Gasteiger partial charge on any atom is 0.416 e. The summed E-state index contributed by atoms with van der Waals surface area (Å²) in [5, 5.41) is 9.66. The second kappa shape index (κ2) is 5.27. The van der Waals surface area contributed by atoms with Crippen molar-refractivity contribution in [2.24, 2.45) is 0 Å². The first-order valence-corrected chi connectivity index (χ1v) is 7.19. The lowest BCUT2D eigenvalue weighted by molar-refractivity contribution is -0.139. The fraction of sp³-hybridized carbons (Fsp3) is 0.455. The smallest absolute Gasteiger partial charge is 0.388 e. The van der Waals surface area contributed by atoms with Gasteiger partial charge in [0.2, 0.25) is 0 Å². The zero-order valence-electron chi connectivity index (χ0n) is 9.61. The van der Waals surface area contributed by atoms with Crippen LogP contribution < -0.4 is 0 Å². The predicted octanol–water partition coefficient (Wildman–Crippen LogP) is 2.17. The Bertz CT molecular complexity index is 509. The molecule has 3 nitrogen and oxygen atoms in total. The van der Waals surface area contributed by atoms with Crippen LogP contribution in [0.3, 0.4) is 0 Å². The van der Waals surface area contributed by atoms with Gasteiger partial charge in [0.1, 0.15) is 9.84 Å². The molecule has 0 aliphatic carbocycles. The third kappa shape index (κ3) is 4.30. The Balaban J connectivity index is 2.96. The van der Waals surface area contributed by atoms with Gasteiger partial charge in [-0.05, 0) is 18.1 Å². The lowest BCUT2D eigenvalue weighted by Crippen LogP contribution is -2.14. The van der Waals surface area contributed by atoms with Gasteiger partial charge in [0.15, 0.2) is 0 Å². The molecule has 1 atom stereocenters. The van der Waals surface area contributed by atoms with Crippen LogP contribution in [0.5, 0.6) is 0 Å². The quantitative estimate of drug-likeness (QED) is 0.921. The molecular formula is C11H13F3O3S. The SMILES string of the molecule is CS(=O)(=O)CCC(O)c1ccccc1C(F)(F)F. The Kier molecular flexibility index (Phi) is 4.39. The standard InChI is InChI=1S/C11H13F3O3S/c1-18(16,17)7-6-10(15)8-4-2-3-5-9(8)11(12,13)14/h2-5,10,15H,6-7H2,1H3. The third-order valence-corrected chi connectivity index (χ3v) is 3.36. The van der Waals surface area contributed by atoms with Gasteiger partial charge < -0.3 is 5.11 Å². The molecule has 0 heterocycles. The van der Waals surface area contributed by atoms with Gasteiger partial charge in [-0.3, -0.25) is 0 Å². The molecule has 7 heteroatoms. The molecule has 102 valence electrons. The highest BCUT2D eigenvalue weighted by Gasteiger charge is 2.34. The Morgan fingerprint density at radius 3 is 2.33 bits per heavy atom. The number of hydrogen-bond acceptors (Lipinski definition) is 3. The first-order chi connectivity index (χ1) is 8.11. The number of alkyl halides is 3. The van der Waals surface area contributed by atoms with E-state index in [0.29, 0.717) is 0 Å². The van der Waals surface area contributed by atoms with E-state index < -0.39 is 27.7 Å². The van der Waals surface area contributed by atoms with Crippen LogP contribution >= 0.6 is 0 Å². The van der Waals surface area contributed by atoms with Gasteiger partial charge in [-0.15, -0.1) is 0 Å². The molecule has 0 aliphatic rings. The molecule has 0 saturated carbocycles. The molecule has 1 aromatic rings. The average Bonchev–Trinajstić information content (AvgIpc) is 2.24. The van der Waals surface area contributed by atoms with Gasteiger partial charge in [0, 0.05) is 6.26 Å². The second-order valence-corrected chi connectivity index (χ2v) is 6.28. The summed E-state index contributed by atoms with van der Waals surface area (Å²) in [5.41, 5.74) is -1.24. The molecule has 0 radical (unpaired) electrons. The van der Waals surface area contributed by atoms with Crippen molar-refractivity contribution in [3.8, 4) is 0 Å². The Labute approximate surface area is 103 Å². The van der Waals surface area contributed by atoms with Gasteiger partial charge in [-0.1, -0.05) is 18.2 Å². The van der Waals surface area contributed by atoms with E-state index in [0.717, 1.165) is 18.4 Å². The highest BCUT2D eigenvalue weighted by atomic mass is 32.2. The highest BCUT2D eigenvalue weighted by molar-refractivity contribution is 7.90.